The molecule has 0 spiro atoms. The van der Waals surface area contributed by atoms with Crippen LogP contribution in [0.5, 0.6) is 0 Å². The van der Waals surface area contributed by atoms with Gasteiger partial charge in [-0.15, -0.1) is 11.8 Å². The van der Waals surface area contributed by atoms with Crippen LogP contribution in [-0.2, 0) is 18.6 Å². The number of benzene rings is 1. The van der Waals surface area contributed by atoms with Crippen molar-refractivity contribution < 1.29 is 0 Å². The first-order valence-corrected chi connectivity index (χ1v) is 10.0. The molecule has 4 heteroatoms. The van der Waals surface area contributed by atoms with E-state index >= 15 is 0 Å². The predicted molar refractivity (Wildman–Crippen MR) is 98.8 cm³/mol. The molecule has 0 saturated heterocycles. The average molecular weight is 340 g/mol. The minimum Gasteiger partial charge on any atom is -0.293 e. The maximum absolute atomic E-state index is 12.7. The summed E-state index contributed by atoms with van der Waals surface area (Å²) in [5.74, 6) is 0.883. The molecule has 0 radical (unpaired) electrons. The van der Waals surface area contributed by atoms with E-state index in [1.807, 2.05) is 4.57 Å². The number of nitrogens with zero attached hydrogens (tertiary/aromatic N) is 2. The summed E-state index contributed by atoms with van der Waals surface area (Å²) in [5, 5.41) is 0.975. The summed E-state index contributed by atoms with van der Waals surface area (Å²) in [5.41, 5.74) is 5.19. The molecule has 2 aliphatic rings. The molecule has 0 aliphatic heterocycles. The summed E-state index contributed by atoms with van der Waals surface area (Å²) in [4.78, 5) is 17.2. The minimum absolute atomic E-state index is 0.0192. The Morgan fingerprint density at radius 1 is 1.21 bits per heavy atom. The second-order valence-electron chi connectivity index (χ2n) is 7.06. The molecule has 24 heavy (non-hydrogen) atoms. The second kappa shape index (κ2) is 6.75. The largest absolute Gasteiger partial charge is 0.349 e. The van der Waals surface area contributed by atoms with E-state index in [1.54, 1.807) is 11.8 Å². The SMILES string of the molecule is Cc1cccc(CSc2nc(=O)n(C3CCCC3)c3c2CCC3)c1. The van der Waals surface area contributed by atoms with Gasteiger partial charge in [0.15, 0.2) is 0 Å². The summed E-state index contributed by atoms with van der Waals surface area (Å²) in [6.45, 7) is 2.12. The number of aromatic nitrogens is 2. The first kappa shape index (κ1) is 15.9. The van der Waals surface area contributed by atoms with Crippen LogP contribution in [0, 0.1) is 6.92 Å². The Bertz CT molecular complexity index is 806. The molecule has 2 aliphatic carbocycles. The molecular formula is C20H24N2OS. The molecule has 1 aromatic heterocycles. The lowest BCUT2D eigenvalue weighted by Gasteiger charge is -2.19. The lowest BCUT2D eigenvalue weighted by molar-refractivity contribution is 0.471. The van der Waals surface area contributed by atoms with Crippen LogP contribution < -0.4 is 5.69 Å². The second-order valence-corrected chi connectivity index (χ2v) is 8.03. The van der Waals surface area contributed by atoms with Crippen LogP contribution in [0.25, 0.3) is 0 Å². The molecule has 0 bridgehead atoms. The van der Waals surface area contributed by atoms with Crippen LogP contribution in [0.1, 0.15) is 60.5 Å². The number of aryl methyl sites for hydroxylation is 1. The Kier molecular flexibility index (Phi) is 4.49. The van der Waals surface area contributed by atoms with Crippen molar-refractivity contribution in [3.8, 4) is 0 Å². The van der Waals surface area contributed by atoms with Gasteiger partial charge in [-0.05, 0) is 44.6 Å². The molecule has 0 amide bonds. The third-order valence-corrected chi connectivity index (χ3v) is 6.38. The van der Waals surface area contributed by atoms with E-state index in [2.05, 4.69) is 36.2 Å². The molecule has 2 aromatic rings. The minimum atomic E-state index is -0.0192. The fourth-order valence-electron chi connectivity index (χ4n) is 4.16. The van der Waals surface area contributed by atoms with Crippen LogP contribution in [0.3, 0.4) is 0 Å². The van der Waals surface area contributed by atoms with Crippen molar-refractivity contribution in [1.29, 1.82) is 0 Å². The van der Waals surface area contributed by atoms with Crippen molar-refractivity contribution in [3.05, 3.63) is 57.1 Å². The first-order valence-electron chi connectivity index (χ1n) is 9.05. The Hall–Kier alpha value is -1.55. The van der Waals surface area contributed by atoms with Crippen LogP contribution >= 0.6 is 11.8 Å². The number of fused-ring (bicyclic) bond motifs is 1. The van der Waals surface area contributed by atoms with E-state index in [1.165, 1.54) is 35.2 Å². The molecular weight excluding hydrogens is 316 g/mol. The number of thioether (sulfide) groups is 1. The number of rotatable bonds is 4. The maximum atomic E-state index is 12.7. The van der Waals surface area contributed by atoms with Crippen molar-refractivity contribution >= 4 is 11.8 Å². The molecule has 0 unspecified atom stereocenters. The third kappa shape index (κ3) is 3.04. The topological polar surface area (TPSA) is 34.9 Å². The Morgan fingerprint density at radius 2 is 2.04 bits per heavy atom. The van der Waals surface area contributed by atoms with Gasteiger partial charge in [-0.2, -0.15) is 4.98 Å². The highest BCUT2D eigenvalue weighted by atomic mass is 32.2. The Balaban J connectivity index is 1.63. The molecule has 3 nitrogen and oxygen atoms in total. The highest BCUT2D eigenvalue weighted by molar-refractivity contribution is 7.98. The molecule has 4 rings (SSSR count). The summed E-state index contributed by atoms with van der Waals surface area (Å²) in [6.07, 6.45) is 8.05. The summed E-state index contributed by atoms with van der Waals surface area (Å²) >= 11 is 1.73. The van der Waals surface area contributed by atoms with Crippen molar-refractivity contribution in [2.75, 3.05) is 0 Å². The lowest BCUT2D eigenvalue weighted by atomic mass is 10.2. The van der Waals surface area contributed by atoms with Crippen molar-refractivity contribution in [1.82, 2.24) is 9.55 Å². The van der Waals surface area contributed by atoms with Gasteiger partial charge >= 0.3 is 5.69 Å². The normalized spacial score (nSPS) is 17.4. The summed E-state index contributed by atoms with van der Waals surface area (Å²) in [6, 6.07) is 8.98. The standard InChI is InChI=1S/C20H24N2OS/c1-14-6-4-7-15(12-14)13-24-19-17-10-5-11-18(17)22(20(23)21-19)16-8-2-3-9-16/h4,6-7,12,16H,2-3,5,8-11,13H2,1H3. The van der Waals surface area contributed by atoms with Gasteiger partial charge < -0.3 is 0 Å². The van der Waals surface area contributed by atoms with Crippen molar-refractivity contribution in [2.45, 2.75) is 68.7 Å². The van der Waals surface area contributed by atoms with Gasteiger partial charge in [-0.3, -0.25) is 4.57 Å². The zero-order valence-corrected chi connectivity index (χ0v) is 15.1. The van der Waals surface area contributed by atoms with Crippen LogP contribution in [-0.4, -0.2) is 9.55 Å². The van der Waals surface area contributed by atoms with E-state index in [0.29, 0.717) is 6.04 Å². The first-order chi connectivity index (χ1) is 11.7. The van der Waals surface area contributed by atoms with E-state index < -0.39 is 0 Å². The molecule has 0 N–H and O–H groups in total. The fourth-order valence-corrected chi connectivity index (χ4v) is 5.18. The summed E-state index contributed by atoms with van der Waals surface area (Å²) in [7, 11) is 0. The van der Waals surface area contributed by atoms with Crippen molar-refractivity contribution in [3.63, 3.8) is 0 Å². The monoisotopic (exact) mass is 340 g/mol. The Morgan fingerprint density at radius 3 is 2.83 bits per heavy atom. The van der Waals surface area contributed by atoms with E-state index in [9.17, 15) is 4.79 Å². The van der Waals surface area contributed by atoms with Gasteiger partial charge in [-0.1, -0.05) is 42.7 Å². The van der Waals surface area contributed by atoms with Crippen LogP contribution in [0.2, 0.25) is 0 Å². The van der Waals surface area contributed by atoms with Gasteiger partial charge in [0.2, 0.25) is 0 Å². The predicted octanol–water partition coefficient (Wildman–Crippen LogP) is 4.45. The molecule has 126 valence electrons. The highest BCUT2D eigenvalue weighted by Gasteiger charge is 2.27. The zero-order chi connectivity index (χ0) is 16.5. The van der Waals surface area contributed by atoms with Crippen LogP contribution in [0.4, 0.5) is 0 Å². The Labute approximate surface area is 147 Å². The zero-order valence-electron chi connectivity index (χ0n) is 14.3. The van der Waals surface area contributed by atoms with Gasteiger partial charge in [0, 0.05) is 23.1 Å². The van der Waals surface area contributed by atoms with Gasteiger partial charge in [0.25, 0.3) is 0 Å². The number of hydrogen-bond acceptors (Lipinski definition) is 3. The quantitative estimate of drug-likeness (QED) is 0.609. The lowest BCUT2D eigenvalue weighted by Crippen LogP contribution is -2.29. The third-order valence-electron chi connectivity index (χ3n) is 5.29. The molecule has 1 fully saturated rings. The van der Waals surface area contributed by atoms with Gasteiger partial charge in [0.1, 0.15) is 5.03 Å². The maximum Gasteiger partial charge on any atom is 0.349 e. The number of hydrogen-bond donors (Lipinski definition) is 0. The van der Waals surface area contributed by atoms with E-state index in [0.717, 1.165) is 42.9 Å². The van der Waals surface area contributed by atoms with E-state index in [-0.39, 0.29) is 5.69 Å². The molecule has 1 saturated carbocycles. The molecule has 1 aromatic carbocycles. The smallest absolute Gasteiger partial charge is 0.293 e. The molecule has 1 heterocycles. The fraction of sp³-hybridized carbons (Fsp3) is 0.500. The van der Waals surface area contributed by atoms with Gasteiger partial charge in [0.05, 0.1) is 0 Å². The van der Waals surface area contributed by atoms with Gasteiger partial charge in [-0.25, -0.2) is 4.79 Å². The van der Waals surface area contributed by atoms with E-state index in [4.69, 9.17) is 0 Å². The summed E-state index contributed by atoms with van der Waals surface area (Å²) < 4.78 is 2.05. The van der Waals surface area contributed by atoms with Crippen LogP contribution in [0.15, 0.2) is 34.1 Å². The molecule has 0 atom stereocenters. The highest BCUT2D eigenvalue weighted by Crippen LogP contribution is 2.35. The average Bonchev–Trinajstić information content (AvgIpc) is 3.24. The van der Waals surface area contributed by atoms with Crippen molar-refractivity contribution in [2.24, 2.45) is 0 Å².